The number of anilines is 1. The third-order valence-corrected chi connectivity index (χ3v) is 4.62. The summed E-state index contributed by atoms with van der Waals surface area (Å²) in [6.07, 6.45) is 0.830. The highest BCUT2D eigenvalue weighted by molar-refractivity contribution is 7.92. The van der Waals surface area contributed by atoms with E-state index in [1.807, 2.05) is 25.1 Å². The number of para-hydroxylation sites is 1. The molecule has 15 heavy (non-hydrogen) atoms. The van der Waals surface area contributed by atoms with Crippen molar-refractivity contribution in [1.29, 1.82) is 0 Å². The highest BCUT2D eigenvalue weighted by Crippen LogP contribution is 2.33. The Balaban J connectivity index is 2.54. The number of hydrogen-bond acceptors (Lipinski definition) is 2. The molecule has 1 aromatic carbocycles. The van der Waals surface area contributed by atoms with Crippen LogP contribution in [0.5, 0.6) is 0 Å². The van der Waals surface area contributed by atoms with Crippen LogP contribution in [-0.4, -0.2) is 20.7 Å². The smallest absolute Gasteiger partial charge is 0.234 e. The van der Waals surface area contributed by atoms with Gasteiger partial charge in [-0.1, -0.05) is 18.2 Å². The van der Waals surface area contributed by atoms with Gasteiger partial charge >= 0.3 is 0 Å². The van der Waals surface area contributed by atoms with Crippen molar-refractivity contribution in [3.63, 3.8) is 0 Å². The lowest BCUT2D eigenvalue weighted by Crippen LogP contribution is -2.30. The number of fused-ring (bicyclic) bond motifs is 1. The Morgan fingerprint density at radius 2 is 2.13 bits per heavy atom. The minimum Gasteiger partial charge on any atom is -0.269 e. The zero-order valence-electron chi connectivity index (χ0n) is 9.03. The second kappa shape index (κ2) is 3.52. The molecule has 0 radical (unpaired) electrons. The fraction of sp³-hybridized carbons (Fsp3) is 0.455. The first kappa shape index (κ1) is 10.5. The Morgan fingerprint density at radius 1 is 1.40 bits per heavy atom. The van der Waals surface area contributed by atoms with Crippen LogP contribution in [0, 0.1) is 6.92 Å². The molecule has 0 atom stereocenters. The van der Waals surface area contributed by atoms with Gasteiger partial charge in [-0.25, -0.2) is 8.42 Å². The summed E-state index contributed by atoms with van der Waals surface area (Å²) in [5.74, 6) is 0.167. The Bertz CT molecular complexity index is 479. The zero-order chi connectivity index (χ0) is 11.1. The van der Waals surface area contributed by atoms with Crippen LogP contribution in [0.2, 0.25) is 0 Å². The second-order valence-electron chi connectivity index (χ2n) is 3.81. The van der Waals surface area contributed by atoms with E-state index in [0.29, 0.717) is 6.54 Å². The molecule has 0 bridgehead atoms. The Labute approximate surface area is 90.8 Å². The standard InChI is InChI=1S/C11H15NO2S/c1-3-15(13,14)12-8-7-10-6-4-5-9(2)11(10)12/h4-6H,3,7-8H2,1-2H3. The summed E-state index contributed by atoms with van der Waals surface area (Å²) in [5.41, 5.74) is 3.09. The van der Waals surface area contributed by atoms with E-state index < -0.39 is 10.0 Å². The summed E-state index contributed by atoms with van der Waals surface area (Å²) >= 11 is 0. The predicted octanol–water partition coefficient (Wildman–Crippen LogP) is 1.71. The molecule has 4 heteroatoms. The van der Waals surface area contributed by atoms with Crippen molar-refractivity contribution in [2.24, 2.45) is 0 Å². The van der Waals surface area contributed by atoms with Crippen LogP contribution in [0.15, 0.2) is 18.2 Å². The lowest BCUT2D eigenvalue weighted by Gasteiger charge is -2.20. The molecule has 1 aromatic rings. The van der Waals surface area contributed by atoms with E-state index in [2.05, 4.69) is 0 Å². The van der Waals surface area contributed by atoms with Crippen molar-refractivity contribution in [3.8, 4) is 0 Å². The lowest BCUT2D eigenvalue weighted by molar-refractivity contribution is 0.593. The molecular weight excluding hydrogens is 210 g/mol. The lowest BCUT2D eigenvalue weighted by atomic mass is 10.1. The summed E-state index contributed by atoms with van der Waals surface area (Å²) in [5, 5.41) is 0. The molecule has 0 N–H and O–H groups in total. The number of rotatable bonds is 2. The topological polar surface area (TPSA) is 37.4 Å². The first-order chi connectivity index (χ1) is 7.06. The van der Waals surface area contributed by atoms with Gasteiger partial charge in [0.15, 0.2) is 0 Å². The van der Waals surface area contributed by atoms with Crippen LogP contribution in [0.25, 0.3) is 0 Å². The van der Waals surface area contributed by atoms with E-state index in [9.17, 15) is 8.42 Å². The van der Waals surface area contributed by atoms with Crippen molar-refractivity contribution in [2.45, 2.75) is 20.3 Å². The molecule has 82 valence electrons. The average molecular weight is 225 g/mol. The maximum atomic E-state index is 11.8. The third kappa shape index (κ3) is 1.63. The molecule has 0 saturated heterocycles. The van der Waals surface area contributed by atoms with E-state index in [4.69, 9.17) is 0 Å². The summed E-state index contributed by atoms with van der Waals surface area (Å²) < 4.78 is 25.2. The SMILES string of the molecule is CCS(=O)(=O)N1CCc2cccc(C)c21. The van der Waals surface area contributed by atoms with E-state index in [1.165, 1.54) is 0 Å². The summed E-state index contributed by atoms with van der Waals surface area (Å²) in [6, 6.07) is 5.95. The van der Waals surface area contributed by atoms with Gasteiger partial charge in [-0.2, -0.15) is 0 Å². The predicted molar refractivity (Wildman–Crippen MR) is 61.7 cm³/mol. The molecule has 0 aromatic heterocycles. The largest absolute Gasteiger partial charge is 0.269 e. The maximum Gasteiger partial charge on any atom is 0.234 e. The number of hydrogen-bond donors (Lipinski definition) is 0. The van der Waals surface area contributed by atoms with Gasteiger partial charge in [0.05, 0.1) is 11.4 Å². The summed E-state index contributed by atoms with van der Waals surface area (Å²) in [4.78, 5) is 0. The normalized spacial score (nSPS) is 15.5. The minimum atomic E-state index is -3.10. The molecule has 0 saturated carbocycles. The first-order valence-corrected chi connectivity index (χ1v) is 6.76. The quantitative estimate of drug-likeness (QED) is 0.768. The van der Waals surface area contributed by atoms with E-state index in [0.717, 1.165) is 23.2 Å². The van der Waals surface area contributed by atoms with E-state index in [-0.39, 0.29) is 5.75 Å². The van der Waals surface area contributed by atoms with Gasteiger partial charge in [-0.3, -0.25) is 4.31 Å². The number of aryl methyl sites for hydroxylation is 1. The van der Waals surface area contributed by atoms with Crippen molar-refractivity contribution in [3.05, 3.63) is 29.3 Å². The van der Waals surface area contributed by atoms with Crippen LogP contribution in [0.3, 0.4) is 0 Å². The van der Waals surface area contributed by atoms with Crippen LogP contribution in [0.4, 0.5) is 5.69 Å². The van der Waals surface area contributed by atoms with Crippen LogP contribution < -0.4 is 4.31 Å². The van der Waals surface area contributed by atoms with Crippen LogP contribution >= 0.6 is 0 Å². The van der Waals surface area contributed by atoms with Gasteiger partial charge in [-0.15, -0.1) is 0 Å². The highest BCUT2D eigenvalue weighted by Gasteiger charge is 2.28. The molecule has 2 rings (SSSR count). The molecule has 3 nitrogen and oxygen atoms in total. The first-order valence-electron chi connectivity index (χ1n) is 5.15. The van der Waals surface area contributed by atoms with Crippen LogP contribution in [0.1, 0.15) is 18.1 Å². The van der Waals surface area contributed by atoms with Gasteiger partial charge in [0, 0.05) is 6.54 Å². The Hall–Kier alpha value is -1.03. The van der Waals surface area contributed by atoms with Gasteiger partial charge < -0.3 is 0 Å². The van der Waals surface area contributed by atoms with Crippen molar-refractivity contribution in [2.75, 3.05) is 16.6 Å². The maximum absolute atomic E-state index is 11.8. The summed E-state index contributed by atoms with van der Waals surface area (Å²) in [7, 11) is -3.10. The van der Waals surface area contributed by atoms with Crippen molar-refractivity contribution in [1.82, 2.24) is 0 Å². The Kier molecular flexibility index (Phi) is 2.46. The number of sulfonamides is 1. The number of nitrogens with zero attached hydrogens (tertiary/aromatic N) is 1. The van der Waals surface area contributed by atoms with Crippen LogP contribution in [-0.2, 0) is 16.4 Å². The molecule has 0 unspecified atom stereocenters. The molecular formula is C11H15NO2S. The average Bonchev–Trinajstić information content (AvgIpc) is 2.63. The van der Waals surface area contributed by atoms with E-state index >= 15 is 0 Å². The molecule has 0 fully saturated rings. The van der Waals surface area contributed by atoms with Gasteiger partial charge in [0.1, 0.15) is 0 Å². The molecule has 0 amide bonds. The minimum absolute atomic E-state index is 0.167. The third-order valence-electron chi connectivity index (χ3n) is 2.86. The number of benzene rings is 1. The van der Waals surface area contributed by atoms with Crippen molar-refractivity contribution < 1.29 is 8.42 Å². The second-order valence-corrected chi connectivity index (χ2v) is 5.99. The fourth-order valence-corrected chi connectivity index (χ4v) is 3.27. The highest BCUT2D eigenvalue weighted by atomic mass is 32.2. The summed E-state index contributed by atoms with van der Waals surface area (Å²) in [6.45, 7) is 4.24. The van der Waals surface area contributed by atoms with Gasteiger partial charge in [-0.05, 0) is 31.4 Å². The molecule has 1 aliphatic heterocycles. The van der Waals surface area contributed by atoms with Crippen molar-refractivity contribution >= 4 is 15.7 Å². The zero-order valence-corrected chi connectivity index (χ0v) is 9.84. The Morgan fingerprint density at radius 3 is 2.80 bits per heavy atom. The molecule has 0 spiro atoms. The van der Waals surface area contributed by atoms with E-state index in [1.54, 1.807) is 11.2 Å². The van der Waals surface area contributed by atoms with Gasteiger partial charge in [0.25, 0.3) is 0 Å². The monoisotopic (exact) mass is 225 g/mol. The molecule has 1 heterocycles. The van der Waals surface area contributed by atoms with Gasteiger partial charge in [0.2, 0.25) is 10.0 Å². The molecule has 1 aliphatic rings. The molecule has 0 aliphatic carbocycles. The fourth-order valence-electron chi connectivity index (χ4n) is 2.05.